The van der Waals surface area contributed by atoms with E-state index < -0.39 is 6.03 Å². The number of carbonyl (C=O) groups is 1. The van der Waals surface area contributed by atoms with Crippen molar-refractivity contribution in [3.8, 4) is 0 Å². The summed E-state index contributed by atoms with van der Waals surface area (Å²) >= 11 is 0. The first-order valence-corrected chi connectivity index (χ1v) is 4.55. The quantitative estimate of drug-likeness (QED) is 0.664. The molecule has 0 bridgehead atoms. The van der Waals surface area contributed by atoms with Crippen molar-refractivity contribution in [3.63, 3.8) is 0 Å². The van der Waals surface area contributed by atoms with Crippen molar-refractivity contribution >= 4 is 6.03 Å². The van der Waals surface area contributed by atoms with Gasteiger partial charge in [0.15, 0.2) is 6.03 Å². The van der Waals surface area contributed by atoms with Crippen molar-refractivity contribution in [1.29, 1.82) is 0 Å². The number of allylic oxidation sites excluding steroid dienone is 1. The predicted octanol–water partition coefficient (Wildman–Crippen LogP) is 2.51. The van der Waals surface area contributed by atoms with Crippen LogP contribution >= 0.6 is 0 Å². The molecule has 1 N–H and O–H groups in total. The minimum absolute atomic E-state index is 0. The van der Waals surface area contributed by atoms with Gasteiger partial charge in [0.1, 0.15) is 0 Å². The van der Waals surface area contributed by atoms with Crippen LogP contribution in [-0.2, 0) is 32.7 Å². The van der Waals surface area contributed by atoms with Gasteiger partial charge in [0.2, 0.25) is 0 Å². The second kappa shape index (κ2) is 4.58. The molecule has 2 rings (SSSR count). The molecule has 73 valence electrons. The van der Waals surface area contributed by atoms with E-state index in [1.54, 1.807) is 4.90 Å². The van der Waals surface area contributed by atoms with Crippen LogP contribution in [0.3, 0.4) is 0 Å². The summed E-state index contributed by atoms with van der Waals surface area (Å²) < 4.78 is 0. The number of rotatable bonds is 0. The Morgan fingerprint density at radius 2 is 2.14 bits per heavy atom. The molecule has 0 fully saturated rings. The molecule has 0 spiro atoms. The van der Waals surface area contributed by atoms with Crippen LogP contribution in [0.15, 0.2) is 22.8 Å². The normalized spacial score (nSPS) is 20.1. The van der Waals surface area contributed by atoms with Crippen LogP contribution in [0.5, 0.6) is 0 Å². The summed E-state index contributed by atoms with van der Waals surface area (Å²) in [6.07, 6.45) is 4.35. The molecule has 3 nitrogen and oxygen atoms in total. The van der Waals surface area contributed by atoms with Gasteiger partial charge in [0.25, 0.3) is 0 Å². The Labute approximate surface area is 109 Å². The van der Waals surface area contributed by atoms with Gasteiger partial charge in [-0.15, -0.1) is 0 Å². The molecule has 0 aromatic heterocycles. The number of urea groups is 1. The third-order valence-electron chi connectivity index (χ3n) is 2.73. The smallest absolute Gasteiger partial charge is 0.153 e. The van der Waals surface area contributed by atoms with Crippen LogP contribution in [0.2, 0.25) is 0 Å². The topological polar surface area (TPSA) is 44.1 Å². The van der Waals surface area contributed by atoms with Crippen LogP contribution in [0, 0.1) is 0 Å². The van der Waals surface area contributed by atoms with Gasteiger partial charge >= 0.3 is 0 Å². The zero-order chi connectivity index (χ0) is 9.42. The van der Waals surface area contributed by atoms with E-state index in [1.807, 2.05) is 0 Å². The molecule has 4 heteroatoms. The third kappa shape index (κ3) is 2.26. The van der Waals surface area contributed by atoms with Gasteiger partial charge in [0.05, 0.1) is 0 Å². The Kier molecular flexibility index (Phi) is 3.90. The molecule has 14 heavy (non-hydrogen) atoms. The summed E-state index contributed by atoms with van der Waals surface area (Å²) in [5.41, 5.74) is 11.0. The third-order valence-corrected chi connectivity index (χ3v) is 2.73. The van der Waals surface area contributed by atoms with Crippen LogP contribution in [0.25, 0.3) is 5.73 Å². The van der Waals surface area contributed by atoms with Gasteiger partial charge < -0.3 is 10.6 Å². The number of carbonyl (C=O) groups excluding carboxylic acids is 1. The van der Waals surface area contributed by atoms with Crippen LogP contribution < -0.4 is 0 Å². The largest absolute Gasteiger partial charge is 0.447 e. The molecule has 0 saturated carbocycles. The Morgan fingerprint density at radius 1 is 1.43 bits per heavy atom. The molecule has 0 aromatic rings. The summed E-state index contributed by atoms with van der Waals surface area (Å²) in [5, 5.41) is 0. The minimum atomic E-state index is -0.555. The number of hydrogen-bond donors (Lipinski definition) is 0. The molecule has 1 aliphatic carbocycles. The first-order valence-electron chi connectivity index (χ1n) is 4.55. The van der Waals surface area contributed by atoms with Gasteiger partial charge in [-0.25, -0.2) is 0 Å². The maximum Gasteiger partial charge on any atom is 0.153 e. The fraction of sp³-hybridized carbons (Fsp3) is 0.500. The molecule has 2 amide bonds. The average molecular weight is 266 g/mol. The Hall–Kier alpha value is -0.146. The van der Waals surface area contributed by atoms with Crippen molar-refractivity contribution in [3.05, 3.63) is 28.5 Å². The summed E-state index contributed by atoms with van der Waals surface area (Å²) in [4.78, 5) is 12.4. The van der Waals surface area contributed by atoms with Gasteiger partial charge in [-0.2, -0.15) is 0 Å². The van der Waals surface area contributed by atoms with Crippen LogP contribution in [0.4, 0.5) is 4.79 Å². The minimum Gasteiger partial charge on any atom is -0.447 e. The maximum absolute atomic E-state index is 10.8. The van der Waals surface area contributed by atoms with Crippen molar-refractivity contribution < 1.29 is 37.5 Å². The Morgan fingerprint density at radius 3 is 2.79 bits per heavy atom. The monoisotopic (exact) mass is 266 g/mol. The van der Waals surface area contributed by atoms with Gasteiger partial charge in [-0.05, 0) is 38.4 Å². The van der Waals surface area contributed by atoms with E-state index in [2.05, 4.69) is 13.0 Å². The number of amides is 2. The van der Waals surface area contributed by atoms with Crippen molar-refractivity contribution in [2.45, 2.75) is 19.8 Å². The van der Waals surface area contributed by atoms with Gasteiger partial charge in [0, 0.05) is 32.7 Å². The number of nitrogens with zero attached hydrogens (tertiary/aromatic N) is 1. The summed E-state index contributed by atoms with van der Waals surface area (Å²) in [7, 11) is 0. The Bertz CT molecular complexity index is 320. The van der Waals surface area contributed by atoms with E-state index in [0.29, 0.717) is 13.1 Å². The molecule has 0 atom stereocenters. The zero-order valence-electron chi connectivity index (χ0n) is 8.34. The van der Waals surface area contributed by atoms with Crippen molar-refractivity contribution in [2.24, 2.45) is 0 Å². The van der Waals surface area contributed by atoms with E-state index in [4.69, 9.17) is 5.73 Å². The van der Waals surface area contributed by atoms with Crippen molar-refractivity contribution in [1.82, 2.24) is 4.90 Å². The van der Waals surface area contributed by atoms with Crippen LogP contribution in [-0.4, -0.2) is 24.0 Å². The second-order valence-electron chi connectivity index (χ2n) is 3.78. The van der Waals surface area contributed by atoms with E-state index in [1.165, 1.54) is 16.7 Å². The molecule has 2 aliphatic rings. The van der Waals surface area contributed by atoms with Gasteiger partial charge in [-0.1, -0.05) is 17.2 Å². The van der Waals surface area contributed by atoms with E-state index in [9.17, 15) is 4.79 Å². The standard InChI is InChI=1S/C10H14N2O.Y/c1-7-2-3-8-5-12(10(11)13)6-9(8)4-7;/h4H,2-3,5-6H2,1H3,(H2,11,13);/p-1. The fourth-order valence-corrected chi connectivity index (χ4v) is 1.95. The number of nitrogens with one attached hydrogen (secondary N) is 1. The fourth-order valence-electron chi connectivity index (χ4n) is 1.95. The summed E-state index contributed by atoms with van der Waals surface area (Å²) in [6.45, 7) is 3.45. The molecule has 1 heterocycles. The zero-order valence-corrected chi connectivity index (χ0v) is 11.2. The first kappa shape index (κ1) is 11.9. The van der Waals surface area contributed by atoms with Gasteiger partial charge in [-0.3, -0.25) is 4.79 Å². The first-order chi connectivity index (χ1) is 6.16. The molecule has 0 unspecified atom stereocenters. The summed E-state index contributed by atoms with van der Waals surface area (Å²) in [5.74, 6) is 0. The number of hydrogen-bond acceptors (Lipinski definition) is 1. The van der Waals surface area contributed by atoms with E-state index in [0.717, 1.165) is 12.8 Å². The molecule has 0 aromatic carbocycles. The Balaban J connectivity index is 0.000000980. The predicted molar refractivity (Wildman–Crippen MR) is 51.3 cm³/mol. The van der Waals surface area contributed by atoms with Crippen LogP contribution in [0.1, 0.15) is 19.8 Å². The van der Waals surface area contributed by atoms with E-state index in [-0.39, 0.29) is 32.7 Å². The SMILES string of the molecule is CC1=CC2=C(CC1)CN(C([NH-])=O)C2.[Y]. The van der Waals surface area contributed by atoms with Crippen molar-refractivity contribution in [2.75, 3.05) is 13.1 Å². The molecular weight excluding hydrogens is 253 g/mol. The second-order valence-corrected chi connectivity index (χ2v) is 3.78. The average Bonchev–Trinajstić information content (AvgIpc) is 2.46. The molecule has 1 aliphatic heterocycles. The maximum atomic E-state index is 10.8. The summed E-state index contributed by atoms with van der Waals surface area (Å²) in [6, 6.07) is -0.555. The molecule has 1 radical (unpaired) electrons. The molecule has 0 saturated heterocycles. The van der Waals surface area contributed by atoms with E-state index >= 15 is 0 Å². The molecular formula is C10H13N2OY-.